The van der Waals surface area contributed by atoms with Crippen LogP contribution in [0.5, 0.6) is 0 Å². The fraction of sp³-hybridized carbons (Fsp3) is 0.490. The molecule has 1 N–H and O–H groups in total. The van der Waals surface area contributed by atoms with Gasteiger partial charge in [0.05, 0.1) is 31.7 Å². The van der Waals surface area contributed by atoms with Gasteiger partial charge in [0.2, 0.25) is 0 Å². The first-order valence-corrected chi connectivity index (χ1v) is 23.1. The van der Waals surface area contributed by atoms with Gasteiger partial charge in [-0.05, 0) is 86.0 Å². The van der Waals surface area contributed by atoms with E-state index in [0.717, 1.165) is 69.3 Å². The van der Waals surface area contributed by atoms with Crippen LogP contribution in [0.15, 0.2) is 88.7 Å². The van der Waals surface area contributed by atoms with E-state index in [2.05, 4.69) is 33.8 Å². The van der Waals surface area contributed by atoms with Crippen molar-refractivity contribution in [3.8, 4) is 0 Å². The molecule has 19 heteroatoms. The van der Waals surface area contributed by atoms with Gasteiger partial charge in [0.1, 0.15) is 40.2 Å². The third-order valence-corrected chi connectivity index (χ3v) is 11.9. The molecule has 0 atom stereocenters. The zero-order valence-corrected chi connectivity index (χ0v) is 38.4. The first kappa shape index (κ1) is 54.5. The molecule has 0 aromatic carbocycles. The lowest BCUT2D eigenvalue weighted by atomic mass is 9.99. The van der Waals surface area contributed by atoms with Crippen LogP contribution in [0.25, 0.3) is 0 Å². The van der Waals surface area contributed by atoms with Gasteiger partial charge in [-0.2, -0.15) is 0 Å². The first-order valence-electron chi connectivity index (χ1n) is 23.1. The average molecular weight is 985 g/mol. The molecule has 0 saturated heterocycles. The Kier molecular flexibility index (Phi) is 19.8. The number of halogens is 6. The molecule has 4 aromatic heterocycles. The van der Waals surface area contributed by atoms with Crippen LogP contribution in [-0.4, -0.2) is 42.3 Å². The average Bonchev–Trinajstić information content (AvgIpc) is 3.60. The van der Waals surface area contributed by atoms with Crippen molar-refractivity contribution in [1.82, 2.24) is 5.32 Å². The van der Waals surface area contributed by atoms with E-state index in [-0.39, 0.29) is 67.2 Å². The lowest BCUT2D eigenvalue weighted by Crippen LogP contribution is -2.15. The Morgan fingerprint density at radius 3 is 1.29 bits per heavy atom. The second kappa shape index (κ2) is 25.5. The molecule has 0 bridgehead atoms. The minimum atomic E-state index is -2.64. The van der Waals surface area contributed by atoms with Crippen LogP contribution in [0, 0.1) is 5.92 Å². The van der Waals surface area contributed by atoms with Crippen molar-refractivity contribution in [3.63, 3.8) is 0 Å². The number of allylic oxidation sites excluding steroid dienone is 1. The van der Waals surface area contributed by atoms with E-state index in [1.165, 1.54) is 37.1 Å². The summed E-state index contributed by atoms with van der Waals surface area (Å²) in [5.74, 6) is 1.99. The Morgan fingerprint density at radius 1 is 0.571 bits per heavy atom. The maximum Gasteiger partial charge on any atom is 0.336 e. The summed E-state index contributed by atoms with van der Waals surface area (Å²) in [7, 11) is 0. The van der Waals surface area contributed by atoms with Crippen molar-refractivity contribution in [2.75, 3.05) is 0 Å². The van der Waals surface area contributed by atoms with Crippen molar-refractivity contribution >= 4 is 23.0 Å². The summed E-state index contributed by atoms with van der Waals surface area (Å²) in [6.07, 6.45) is 6.38. The largest absolute Gasteiger partial charge is 0.425 e. The maximum absolute atomic E-state index is 12.9. The van der Waals surface area contributed by atoms with Gasteiger partial charge in [-0.25, -0.2) is 45.5 Å². The Balaban J connectivity index is 0.000000174. The van der Waals surface area contributed by atoms with Gasteiger partial charge < -0.3 is 23.0 Å². The van der Waals surface area contributed by atoms with Crippen LogP contribution in [0.1, 0.15) is 158 Å². The van der Waals surface area contributed by atoms with Crippen LogP contribution in [-0.2, 0) is 51.9 Å². The highest BCUT2D eigenvalue weighted by atomic mass is 19.3. The Labute approximate surface area is 399 Å². The number of hydrogen-bond donors (Lipinski definition) is 1. The molecule has 378 valence electrons. The molecular formula is C51H58F6N4O9. The van der Waals surface area contributed by atoms with Gasteiger partial charge in [-0.3, -0.25) is 19.8 Å². The third kappa shape index (κ3) is 13.9. The minimum absolute atomic E-state index is 0. The maximum atomic E-state index is 12.9. The second-order valence-electron chi connectivity index (χ2n) is 17.0. The number of nitrogens with one attached hydrogen (secondary N) is 1. The topological polar surface area (TPSA) is 187 Å². The fourth-order valence-electron chi connectivity index (χ4n) is 8.47. The molecule has 8 heterocycles. The summed E-state index contributed by atoms with van der Waals surface area (Å²) >= 11 is 0. The van der Waals surface area contributed by atoms with Gasteiger partial charge in [-0.15, -0.1) is 6.58 Å². The summed E-state index contributed by atoms with van der Waals surface area (Å²) < 4.78 is 96.8. The number of carbonyl (C=O) groups excluding carboxylic acids is 1. The van der Waals surface area contributed by atoms with Crippen molar-refractivity contribution in [2.45, 2.75) is 157 Å². The number of carbonyl (C=O) groups is 1. The highest BCUT2D eigenvalue weighted by Gasteiger charge is 2.32. The van der Waals surface area contributed by atoms with Gasteiger partial charge in [0.15, 0.2) is 0 Å². The van der Waals surface area contributed by atoms with E-state index in [9.17, 15) is 50.3 Å². The Bertz CT molecular complexity index is 2840. The number of nitrogens with zero attached hydrogens (tertiary/aromatic N) is 3. The smallest absolute Gasteiger partial charge is 0.336 e. The van der Waals surface area contributed by atoms with Crippen molar-refractivity contribution in [3.05, 3.63) is 146 Å². The molecule has 13 nitrogen and oxygen atoms in total. The van der Waals surface area contributed by atoms with Crippen LogP contribution in [0.2, 0.25) is 0 Å². The van der Waals surface area contributed by atoms with Gasteiger partial charge in [0.25, 0.3) is 25.2 Å². The van der Waals surface area contributed by atoms with Crippen molar-refractivity contribution in [1.29, 1.82) is 0 Å². The number of unbranched alkanes of at least 4 members (excludes halogenated alkanes) is 3. The molecule has 9 rings (SSSR count). The molecule has 70 heavy (non-hydrogen) atoms. The van der Waals surface area contributed by atoms with Crippen LogP contribution >= 0.6 is 0 Å². The molecular weight excluding hydrogens is 927 g/mol. The van der Waals surface area contributed by atoms with E-state index in [4.69, 9.17) is 17.7 Å². The van der Waals surface area contributed by atoms with Crippen LogP contribution < -0.4 is 27.8 Å². The second-order valence-corrected chi connectivity index (χ2v) is 17.0. The quantitative estimate of drug-likeness (QED) is 0.0610. The normalized spacial score (nSPS) is 14.7. The SMILES string of the molecule is C.C=CCCCc1cc(=O)oc2c1C(C(F)F)=NC2.CCCCc1cc(=O)oc2c1C(=O)NC2.CCCCc1cc(=O)oc2c1C(C(F)F)=NC2.O=c1cc(CCCC2CC2)c2c(o1)CN=C2C(F)F. The molecule has 1 saturated carbocycles. The fourth-order valence-corrected chi connectivity index (χ4v) is 8.47. The predicted molar refractivity (Wildman–Crippen MR) is 253 cm³/mol. The van der Waals surface area contributed by atoms with Gasteiger partial charge >= 0.3 is 22.5 Å². The summed E-state index contributed by atoms with van der Waals surface area (Å²) in [4.78, 5) is 68.0. The summed E-state index contributed by atoms with van der Waals surface area (Å²) in [6.45, 7) is 8.15. The highest BCUT2D eigenvalue weighted by Crippen LogP contribution is 2.35. The van der Waals surface area contributed by atoms with Crippen molar-refractivity contribution < 1.29 is 48.8 Å². The van der Waals surface area contributed by atoms with Crippen LogP contribution in [0.4, 0.5) is 26.3 Å². The highest BCUT2D eigenvalue weighted by molar-refractivity contribution is 6.07. The van der Waals surface area contributed by atoms with Crippen LogP contribution in [0.3, 0.4) is 0 Å². The molecule has 0 unspecified atom stereocenters. The minimum Gasteiger partial charge on any atom is -0.425 e. The van der Waals surface area contributed by atoms with Gasteiger partial charge in [-0.1, -0.05) is 59.5 Å². The van der Waals surface area contributed by atoms with E-state index >= 15 is 0 Å². The van der Waals surface area contributed by atoms with E-state index in [1.54, 1.807) is 6.08 Å². The van der Waals surface area contributed by atoms with E-state index in [0.29, 0.717) is 76.3 Å². The number of aryl methyl sites for hydroxylation is 4. The summed E-state index contributed by atoms with van der Waals surface area (Å²) in [5, 5.41) is 2.66. The molecule has 1 amide bonds. The Morgan fingerprint density at radius 2 is 0.929 bits per heavy atom. The molecule has 4 aromatic rings. The molecule has 5 aliphatic rings. The lowest BCUT2D eigenvalue weighted by molar-refractivity contribution is 0.0964. The standard InChI is InChI=1S/C14H15F2NO2.C13H13F2NO2.C12H13F2NO2.C11H13NO3.CH4/c15-14(16)13-12-9(3-1-2-8-4-5-8)6-11(18)19-10(12)7-17-13;1-2-3-4-5-8-6-10(17)18-9-7-16-12(11(8)9)13(14)15;1-2-3-4-7-5-9(16)17-8-6-15-11(10(7)8)12(13)14;1-2-3-4-7-5-9(13)15-8-6-12-11(14)10(7)8;/h6,8,14H,1-5,7H2;2,6,13H,1,3-5,7H2;5,12H,2-4,6H2,1H3;5H,2-4,6H2,1H3,(H,12,14);1H4. The number of alkyl halides is 6. The number of aliphatic imine (C=N–C) groups is 3. The van der Waals surface area contributed by atoms with Gasteiger partial charge in [0, 0.05) is 41.0 Å². The first-order chi connectivity index (χ1) is 33.1. The molecule has 1 fully saturated rings. The predicted octanol–water partition coefficient (Wildman–Crippen LogP) is 10.1. The number of fused-ring (bicyclic) bond motifs is 4. The Hall–Kier alpha value is -6.40. The molecule has 0 radical (unpaired) electrons. The number of amides is 1. The summed E-state index contributed by atoms with van der Waals surface area (Å²) in [5.41, 5.74) is 1.80. The third-order valence-electron chi connectivity index (χ3n) is 11.9. The zero-order valence-electron chi connectivity index (χ0n) is 38.4. The summed E-state index contributed by atoms with van der Waals surface area (Å²) in [6, 6.07) is 5.36. The lowest BCUT2D eigenvalue weighted by Gasteiger charge is -2.08. The zero-order chi connectivity index (χ0) is 49.8. The molecule has 4 aliphatic heterocycles. The molecule has 0 spiro atoms. The van der Waals surface area contributed by atoms with E-state index < -0.39 is 36.2 Å². The monoisotopic (exact) mass is 984 g/mol. The van der Waals surface area contributed by atoms with Crippen molar-refractivity contribution in [2.24, 2.45) is 20.9 Å². The molecule has 1 aliphatic carbocycles. The van der Waals surface area contributed by atoms with E-state index in [1.807, 2.05) is 6.92 Å². The number of rotatable bonds is 17. The number of hydrogen-bond acceptors (Lipinski definition) is 12.